The molecule has 1 aromatic heterocycles. The number of hydrogen-bond acceptors (Lipinski definition) is 2. The highest BCUT2D eigenvalue weighted by Gasteiger charge is 2.22. The molecule has 4 aromatic rings. The van der Waals surface area contributed by atoms with Gasteiger partial charge in [-0.2, -0.15) is 0 Å². The number of nitrogens with one attached hydrogen (secondary N) is 1. The summed E-state index contributed by atoms with van der Waals surface area (Å²) in [5, 5.41) is 15.2. The predicted molar refractivity (Wildman–Crippen MR) is 126 cm³/mol. The van der Waals surface area contributed by atoms with Gasteiger partial charge in [-0.25, -0.2) is 4.79 Å². The van der Waals surface area contributed by atoms with E-state index in [4.69, 9.17) is 11.6 Å². The molecule has 0 unspecified atom stereocenters. The average Bonchev–Trinajstić information content (AvgIpc) is 3.04. The molecule has 0 fully saturated rings. The van der Waals surface area contributed by atoms with Gasteiger partial charge in [-0.1, -0.05) is 65.7 Å². The van der Waals surface area contributed by atoms with Crippen molar-refractivity contribution in [2.75, 3.05) is 0 Å². The van der Waals surface area contributed by atoms with Crippen molar-refractivity contribution in [3.8, 4) is 0 Å². The van der Waals surface area contributed by atoms with Gasteiger partial charge in [-0.05, 0) is 48.7 Å². The number of hydrogen-bond donors (Lipinski definition) is 2. The van der Waals surface area contributed by atoms with E-state index in [-0.39, 0.29) is 0 Å². The van der Waals surface area contributed by atoms with Gasteiger partial charge in [0.05, 0.1) is 0 Å². The van der Waals surface area contributed by atoms with E-state index in [1.54, 1.807) is 0 Å². The number of carboxylic acid groups (broad SMARTS) is 1. The average molecular weight is 433 g/mol. The first-order valence-electron chi connectivity index (χ1n) is 10.3. The maximum absolute atomic E-state index is 12.3. The highest BCUT2D eigenvalue weighted by atomic mass is 35.5. The number of carboxylic acids is 1. The molecular weight excluding hydrogens is 408 g/mol. The number of nitrogens with zero attached hydrogens (tertiary/aromatic N) is 1. The van der Waals surface area contributed by atoms with E-state index in [1.165, 1.54) is 5.56 Å². The Bertz CT molecular complexity index is 1230. The summed E-state index contributed by atoms with van der Waals surface area (Å²) in [4.78, 5) is 12.3. The fraction of sp³-hybridized carbons (Fsp3) is 0.192. The number of carbonyl (C=O) groups is 1. The topological polar surface area (TPSA) is 54.3 Å². The van der Waals surface area contributed by atoms with Crippen LogP contribution in [0.15, 0.2) is 66.7 Å². The van der Waals surface area contributed by atoms with Gasteiger partial charge in [0.15, 0.2) is 0 Å². The summed E-state index contributed by atoms with van der Waals surface area (Å²) in [6, 6.07) is 22.0. The third kappa shape index (κ3) is 4.66. The molecule has 0 aliphatic carbocycles. The van der Waals surface area contributed by atoms with Crippen LogP contribution in [-0.2, 0) is 19.6 Å². The summed E-state index contributed by atoms with van der Waals surface area (Å²) in [6.45, 7) is 5.68. The highest BCUT2D eigenvalue weighted by molar-refractivity contribution is 6.30. The molecule has 0 aliphatic heterocycles. The van der Waals surface area contributed by atoms with Crippen LogP contribution < -0.4 is 5.32 Å². The van der Waals surface area contributed by atoms with Crippen LogP contribution in [0, 0.1) is 13.8 Å². The van der Waals surface area contributed by atoms with Gasteiger partial charge in [0.1, 0.15) is 5.69 Å². The fourth-order valence-electron chi connectivity index (χ4n) is 3.93. The molecule has 0 radical (unpaired) electrons. The Kier molecular flexibility index (Phi) is 6.12. The van der Waals surface area contributed by atoms with E-state index in [0.29, 0.717) is 30.4 Å². The smallest absolute Gasteiger partial charge is 0.352 e. The van der Waals surface area contributed by atoms with Crippen LogP contribution in [0.3, 0.4) is 0 Å². The van der Waals surface area contributed by atoms with Crippen molar-refractivity contribution in [1.82, 2.24) is 9.88 Å². The SMILES string of the molecule is Cc1ccc(Cn2c(C(=O)O)c(CNCc3ccc(Cl)cc3)c3ccc(C)cc32)cc1. The third-order valence-corrected chi connectivity index (χ3v) is 5.78. The lowest BCUT2D eigenvalue weighted by atomic mass is 10.1. The Morgan fingerprint density at radius 2 is 1.55 bits per heavy atom. The predicted octanol–water partition coefficient (Wildman–Crippen LogP) is 5.95. The van der Waals surface area contributed by atoms with Crippen LogP contribution in [0.4, 0.5) is 0 Å². The van der Waals surface area contributed by atoms with Crippen LogP contribution in [0.5, 0.6) is 0 Å². The lowest BCUT2D eigenvalue weighted by Gasteiger charge is -2.10. The van der Waals surface area contributed by atoms with Crippen molar-refractivity contribution in [3.63, 3.8) is 0 Å². The van der Waals surface area contributed by atoms with Crippen molar-refractivity contribution < 1.29 is 9.90 Å². The van der Waals surface area contributed by atoms with E-state index in [2.05, 4.69) is 35.6 Å². The first-order chi connectivity index (χ1) is 14.9. The fourth-order valence-corrected chi connectivity index (χ4v) is 4.05. The second-order valence-electron chi connectivity index (χ2n) is 7.95. The van der Waals surface area contributed by atoms with Crippen molar-refractivity contribution in [3.05, 3.63) is 105 Å². The summed E-state index contributed by atoms with van der Waals surface area (Å²) in [5.41, 5.74) is 6.55. The van der Waals surface area contributed by atoms with Crippen LogP contribution in [0.25, 0.3) is 10.9 Å². The molecule has 4 nitrogen and oxygen atoms in total. The third-order valence-electron chi connectivity index (χ3n) is 5.53. The molecule has 2 N–H and O–H groups in total. The quantitative estimate of drug-likeness (QED) is 0.379. The standard InChI is InChI=1S/C26H25ClN2O2/c1-17-3-6-20(7-4-17)16-29-24-13-18(2)5-12-22(24)23(25(29)26(30)31)15-28-14-19-8-10-21(27)11-9-19/h3-13,28H,14-16H2,1-2H3,(H,30,31). The van der Waals surface area contributed by atoms with Gasteiger partial charge in [-0.3, -0.25) is 0 Å². The molecule has 0 amide bonds. The van der Waals surface area contributed by atoms with Crippen LogP contribution >= 0.6 is 11.6 Å². The Balaban J connectivity index is 1.71. The number of rotatable bonds is 7. The van der Waals surface area contributed by atoms with Crippen LogP contribution in [-0.4, -0.2) is 15.6 Å². The van der Waals surface area contributed by atoms with Gasteiger partial charge in [0.25, 0.3) is 0 Å². The lowest BCUT2D eigenvalue weighted by molar-refractivity contribution is 0.0684. The zero-order valence-electron chi connectivity index (χ0n) is 17.7. The first-order valence-corrected chi connectivity index (χ1v) is 10.7. The summed E-state index contributed by atoms with van der Waals surface area (Å²) in [5.74, 6) is -0.913. The largest absolute Gasteiger partial charge is 0.477 e. The van der Waals surface area contributed by atoms with Crippen LogP contribution in [0.1, 0.15) is 38.3 Å². The van der Waals surface area contributed by atoms with E-state index < -0.39 is 5.97 Å². The van der Waals surface area contributed by atoms with Gasteiger partial charge < -0.3 is 15.0 Å². The molecule has 0 saturated heterocycles. The number of aromatic carboxylic acids is 1. The maximum atomic E-state index is 12.3. The molecule has 0 atom stereocenters. The molecule has 0 spiro atoms. The molecule has 0 aliphatic rings. The van der Waals surface area contributed by atoms with E-state index in [9.17, 15) is 9.90 Å². The first kappa shape index (κ1) is 21.2. The number of aromatic nitrogens is 1. The second-order valence-corrected chi connectivity index (χ2v) is 8.39. The summed E-state index contributed by atoms with van der Waals surface area (Å²) < 4.78 is 1.93. The molecule has 0 saturated carbocycles. The monoisotopic (exact) mass is 432 g/mol. The maximum Gasteiger partial charge on any atom is 0.352 e. The summed E-state index contributed by atoms with van der Waals surface area (Å²) in [7, 11) is 0. The van der Waals surface area contributed by atoms with Gasteiger partial charge in [0.2, 0.25) is 0 Å². The minimum Gasteiger partial charge on any atom is -0.477 e. The Labute approximate surface area is 187 Å². The number of aryl methyl sites for hydroxylation is 2. The lowest BCUT2D eigenvalue weighted by Crippen LogP contribution is -2.17. The molecular formula is C26H25ClN2O2. The van der Waals surface area contributed by atoms with E-state index in [1.807, 2.05) is 54.8 Å². The molecule has 158 valence electrons. The number of benzene rings is 3. The van der Waals surface area contributed by atoms with Crippen molar-refractivity contribution in [2.45, 2.75) is 33.5 Å². The van der Waals surface area contributed by atoms with Gasteiger partial charge >= 0.3 is 5.97 Å². The normalized spacial score (nSPS) is 11.2. The minimum absolute atomic E-state index is 0.338. The number of halogens is 1. The Morgan fingerprint density at radius 1 is 0.903 bits per heavy atom. The molecule has 5 heteroatoms. The zero-order valence-corrected chi connectivity index (χ0v) is 18.4. The molecule has 4 rings (SSSR count). The highest BCUT2D eigenvalue weighted by Crippen LogP contribution is 2.29. The van der Waals surface area contributed by atoms with Crippen molar-refractivity contribution in [2.24, 2.45) is 0 Å². The zero-order chi connectivity index (χ0) is 22.0. The summed E-state index contributed by atoms with van der Waals surface area (Å²) in [6.07, 6.45) is 0. The Hall–Kier alpha value is -3.08. The van der Waals surface area contributed by atoms with Crippen molar-refractivity contribution >= 4 is 28.5 Å². The molecule has 31 heavy (non-hydrogen) atoms. The van der Waals surface area contributed by atoms with Gasteiger partial charge in [-0.15, -0.1) is 0 Å². The van der Waals surface area contributed by atoms with E-state index in [0.717, 1.165) is 33.2 Å². The molecule has 0 bridgehead atoms. The minimum atomic E-state index is -0.913. The number of fused-ring (bicyclic) bond motifs is 1. The van der Waals surface area contributed by atoms with Crippen LogP contribution in [0.2, 0.25) is 5.02 Å². The second kappa shape index (κ2) is 8.96. The van der Waals surface area contributed by atoms with Crippen molar-refractivity contribution in [1.29, 1.82) is 0 Å². The molecule has 3 aromatic carbocycles. The van der Waals surface area contributed by atoms with E-state index >= 15 is 0 Å². The Morgan fingerprint density at radius 3 is 2.23 bits per heavy atom. The summed E-state index contributed by atoms with van der Waals surface area (Å²) >= 11 is 5.96. The van der Waals surface area contributed by atoms with Gasteiger partial charge in [0, 0.05) is 41.1 Å². The molecule has 1 heterocycles.